The third kappa shape index (κ3) is 3.31. The molecular formula is C15H24N2O. The Morgan fingerprint density at radius 1 is 1.44 bits per heavy atom. The van der Waals surface area contributed by atoms with Crippen LogP contribution in [0.3, 0.4) is 0 Å². The number of hydrogen-bond donors (Lipinski definition) is 2. The molecule has 0 aromatic heterocycles. The summed E-state index contributed by atoms with van der Waals surface area (Å²) in [6.07, 6.45) is 3.94. The molecule has 1 fully saturated rings. The average molecular weight is 248 g/mol. The maximum Gasteiger partial charge on any atom is 0.0580 e. The first-order chi connectivity index (χ1) is 8.72. The summed E-state index contributed by atoms with van der Waals surface area (Å²) in [5.41, 5.74) is 5.53. The van der Waals surface area contributed by atoms with Gasteiger partial charge in [-0.15, -0.1) is 0 Å². The van der Waals surface area contributed by atoms with E-state index in [1.807, 2.05) is 0 Å². The Balaban J connectivity index is 1.87. The molecule has 0 heterocycles. The molecular weight excluding hydrogens is 224 g/mol. The van der Waals surface area contributed by atoms with Gasteiger partial charge in [0.05, 0.1) is 6.10 Å². The van der Waals surface area contributed by atoms with Crippen molar-refractivity contribution >= 4 is 0 Å². The molecule has 1 saturated carbocycles. The summed E-state index contributed by atoms with van der Waals surface area (Å²) < 4.78 is 5.60. The van der Waals surface area contributed by atoms with Crippen LogP contribution < -0.4 is 11.3 Å². The van der Waals surface area contributed by atoms with Crippen molar-refractivity contribution in [2.24, 2.45) is 11.8 Å². The third-order valence-electron chi connectivity index (χ3n) is 3.81. The van der Waals surface area contributed by atoms with Crippen LogP contribution in [0.15, 0.2) is 24.3 Å². The first-order valence-electron chi connectivity index (χ1n) is 6.87. The molecule has 2 rings (SSSR count). The molecule has 0 spiro atoms. The highest BCUT2D eigenvalue weighted by molar-refractivity contribution is 5.25. The van der Waals surface area contributed by atoms with Gasteiger partial charge in [-0.2, -0.15) is 0 Å². The maximum absolute atomic E-state index is 5.69. The van der Waals surface area contributed by atoms with Crippen LogP contribution in [0.2, 0.25) is 0 Å². The second kappa shape index (κ2) is 6.32. The van der Waals surface area contributed by atoms with Crippen molar-refractivity contribution in [3.8, 4) is 0 Å². The summed E-state index contributed by atoms with van der Waals surface area (Å²) in [6.45, 7) is 5.00. The van der Waals surface area contributed by atoms with Crippen LogP contribution in [-0.2, 0) is 4.74 Å². The summed E-state index contributed by atoms with van der Waals surface area (Å²) in [5.74, 6) is 6.43. The molecule has 1 aliphatic rings. The van der Waals surface area contributed by atoms with Gasteiger partial charge >= 0.3 is 0 Å². The normalized spacial score (nSPS) is 24.6. The number of nitrogens with two attached hydrogens (primary N) is 1. The average Bonchev–Trinajstić information content (AvgIpc) is 2.32. The molecule has 18 heavy (non-hydrogen) atoms. The van der Waals surface area contributed by atoms with Gasteiger partial charge in [0.25, 0.3) is 0 Å². The van der Waals surface area contributed by atoms with E-state index in [-0.39, 0.29) is 6.04 Å². The molecule has 1 aromatic carbocycles. The van der Waals surface area contributed by atoms with Crippen molar-refractivity contribution in [2.45, 2.75) is 45.3 Å². The van der Waals surface area contributed by atoms with Crippen molar-refractivity contribution in [1.82, 2.24) is 5.43 Å². The Bertz CT molecular complexity index is 375. The van der Waals surface area contributed by atoms with Gasteiger partial charge < -0.3 is 4.74 Å². The van der Waals surface area contributed by atoms with Crippen LogP contribution >= 0.6 is 0 Å². The Labute approximate surface area is 110 Å². The molecule has 3 nitrogen and oxygen atoms in total. The largest absolute Gasteiger partial charge is 0.378 e. The van der Waals surface area contributed by atoms with Crippen LogP contribution in [0.5, 0.6) is 0 Å². The lowest BCUT2D eigenvalue weighted by molar-refractivity contribution is -0.0291. The number of hydrogen-bond acceptors (Lipinski definition) is 3. The molecule has 1 atom stereocenters. The van der Waals surface area contributed by atoms with Crippen molar-refractivity contribution < 1.29 is 4.74 Å². The number of benzene rings is 1. The summed E-state index contributed by atoms with van der Waals surface area (Å²) in [6, 6.07) is 8.83. The Kier molecular flexibility index (Phi) is 4.75. The fourth-order valence-corrected chi connectivity index (χ4v) is 2.76. The van der Waals surface area contributed by atoms with Crippen LogP contribution in [0, 0.1) is 12.8 Å². The second-order valence-corrected chi connectivity index (χ2v) is 5.28. The minimum atomic E-state index is 0.262. The number of hydrazine groups is 1. The van der Waals surface area contributed by atoms with Crippen molar-refractivity contribution in [3.05, 3.63) is 35.4 Å². The lowest BCUT2D eigenvalue weighted by atomic mass is 9.77. The van der Waals surface area contributed by atoms with Gasteiger partial charge in [0.15, 0.2) is 0 Å². The fourth-order valence-electron chi connectivity index (χ4n) is 2.76. The highest BCUT2D eigenvalue weighted by Crippen LogP contribution is 2.36. The van der Waals surface area contributed by atoms with Gasteiger partial charge in [0.1, 0.15) is 0 Å². The first kappa shape index (κ1) is 13.5. The van der Waals surface area contributed by atoms with Crippen molar-refractivity contribution in [2.75, 3.05) is 6.61 Å². The van der Waals surface area contributed by atoms with Crippen LogP contribution in [-0.4, -0.2) is 12.7 Å². The van der Waals surface area contributed by atoms with E-state index in [9.17, 15) is 0 Å². The molecule has 1 aliphatic carbocycles. The molecule has 0 saturated heterocycles. The van der Waals surface area contributed by atoms with Gasteiger partial charge in [-0.05, 0) is 44.6 Å². The van der Waals surface area contributed by atoms with E-state index in [4.69, 9.17) is 10.6 Å². The fraction of sp³-hybridized carbons (Fsp3) is 0.600. The van der Waals surface area contributed by atoms with Gasteiger partial charge in [-0.25, -0.2) is 0 Å². The molecule has 3 N–H and O–H groups in total. The molecule has 3 heteroatoms. The standard InChI is InChI=1S/C15H24N2O/c1-3-18-14-8-12(9-14)10-15(17-16)13-6-4-5-11(2)7-13/h4-7,12,14-15,17H,3,8-10,16H2,1-2H3. The molecule has 1 aromatic rings. The highest BCUT2D eigenvalue weighted by Gasteiger charge is 2.31. The number of aryl methyl sites for hydroxylation is 1. The van der Waals surface area contributed by atoms with E-state index < -0.39 is 0 Å². The Hall–Kier alpha value is -0.900. The Morgan fingerprint density at radius 2 is 2.22 bits per heavy atom. The van der Waals surface area contributed by atoms with Crippen LogP contribution in [0.1, 0.15) is 43.4 Å². The van der Waals surface area contributed by atoms with Gasteiger partial charge in [0, 0.05) is 12.6 Å². The topological polar surface area (TPSA) is 47.3 Å². The molecule has 0 amide bonds. The zero-order valence-electron chi connectivity index (χ0n) is 11.4. The zero-order chi connectivity index (χ0) is 13.0. The highest BCUT2D eigenvalue weighted by atomic mass is 16.5. The molecule has 0 bridgehead atoms. The minimum absolute atomic E-state index is 0.262. The maximum atomic E-state index is 5.69. The summed E-state index contributed by atoms with van der Waals surface area (Å²) in [5, 5.41) is 0. The summed E-state index contributed by atoms with van der Waals surface area (Å²) in [4.78, 5) is 0. The lowest BCUT2D eigenvalue weighted by Gasteiger charge is -2.37. The van der Waals surface area contributed by atoms with E-state index in [2.05, 4.69) is 43.5 Å². The van der Waals surface area contributed by atoms with Crippen molar-refractivity contribution in [1.29, 1.82) is 0 Å². The van der Waals surface area contributed by atoms with E-state index in [1.54, 1.807) is 0 Å². The van der Waals surface area contributed by atoms with Crippen LogP contribution in [0.4, 0.5) is 0 Å². The Morgan fingerprint density at radius 3 is 2.83 bits per heavy atom. The predicted molar refractivity (Wildman–Crippen MR) is 74.0 cm³/mol. The number of ether oxygens (including phenoxy) is 1. The SMILES string of the molecule is CCOC1CC(CC(NN)c2cccc(C)c2)C1. The monoisotopic (exact) mass is 248 g/mol. The predicted octanol–water partition coefficient (Wildman–Crippen LogP) is 2.70. The van der Waals surface area contributed by atoms with E-state index >= 15 is 0 Å². The van der Waals surface area contributed by atoms with Gasteiger partial charge in [0.2, 0.25) is 0 Å². The second-order valence-electron chi connectivity index (χ2n) is 5.28. The van der Waals surface area contributed by atoms with E-state index in [0.29, 0.717) is 6.10 Å². The first-order valence-corrected chi connectivity index (χ1v) is 6.87. The lowest BCUT2D eigenvalue weighted by Crippen LogP contribution is -2.36. The summed E-state index contributed by atoms with van der Waals surface area (Å²) in [7, 11) is 0. The summed E-state index contributed by atoms with van der Waals surface area (Å²) >= 11 is 0. The van der Waals surface area contributed by atoms with E-state index in [1.165, 1.54) is 24.0 Å². The smallest absolute Gasteiger partial charge is 0.0580 e. The molecule has 100 valence electrons. The van der Waals surface area contributed by atoms with Crippen LogP contribution in [0.25, 0.3) is 0 Å². The van der Waals surface area contributed by atoms with Crippen molar-refractivity contribution in [3.63, 3.8) is 0 Å². The third-order valence-corrected chi connectivity index (χ3v) is 3.81. The zero-order valence-corrected chi connectivity index (χ0v) is 11.4. The quantitative estimate of drug-likeness (QED) is 0.601. The molecule has 0 radical (unpaired) electrons. The van der Waals surface area contributed by atoms with Gasteiger partial charge in [-0.1, -0.05) is 29.8 Å². The molecule has 1 unspecified atom stereocenters. The molecule has 0 aliphatic heterocycles. The van der Waals surface area contributed by atoms with E-state index in [0.717, 1.165) is 18.9 Å². The number of nitrogens with one attached hydrogen (secondary N) is 1. The number of rotatable bonds is 6. The van der Waals surface area contributed by atoms with Gasteiger partial charge in [-0.3, -0.25) is 11.3 Å². The minimum Gasteiger partial charge on any atom is -0.378 e.